The van der Waals surface area contributed by atoms with Crippen LogP contribution in [0.4, 0.5) is 4.39 Å². The number of carbonyl (C=O) groups is 2. The predicted octanol–water partition coefficient (Wildman–Crippen LogP) is 2.96. The molecule has 1 aliphatic carbocycles. The summed E-state index contributed by atoms with van der Waals surface area (Å²) in [5.41, 5.74) is 9.81. The molecule has 4 N–H and O–H groups in total. The first-order chi connectivity index (χ1) is 17.2. The molecule has 3 aromatic rings. The maximum absolute atomic E-state index is 14.9. The maximum Gasteiger partial charge on any atom is 0.343 e. The van der Waals surface area contributed by atoms with Crippen molar-refractivity contribution in [1.29, 1.82) is 0 Å². The first kappa shape index (κ1) is 23.2. The van der Waals surface area contributed by atoms with Gasteiger partial charge < -0.3 is 25.5 Å². The fraction of sp³-hybridized carbons (Fsp3) is 0.385. The normalized spacial score (nSPS) is 21.6. The Hall–Kier alpha value is -3.21. The van der Waals surface area contributed by atoms with Crippen LogP contribution in [0.15, 0.2) is 12.1 Å². The van der Waals surface area contributed by atoms with Crippen LogP contribution >= 0.6 is 12.2 Å². The van der Waals surface area contributed by atoms with Gasteiger partial charge in [0.05, 0.1) is 36.0 Å². The zero-order valence-corrected chi connectivity index (χ0v) is 20.7. The molecule has 0 spiro atoms. The number of carbonyl (C=O) groups excluding carboxylic acids is 2. The Morgan fingerprint density at radius 3 is 2.89 bits per heavy atom. The summed E-state index contributed by atoms with van der Waals surface area (Å²) in [5.74, 6) is -1.31. The maximum atomic E-state index is 14.9. The van der Waals surface area contributed by atoms with Gasteiger partial charge in [-0.3, -0.25) is 4.79 Å². The number of rotatable bonds is 3. The van der Waals surface area contributed by atoms with Crippen molar-refractivity contribution in [3.63, 3.8) is 0 Å². The highest BCUT2D eigenvalue weighted by Crippen LogP contribution is 2.47. The molecular weight excluding hydrogens is 483 g/mol. The van der Waals surface area contributed by atoms with Crippen molar-refractivity contribution in [2.45, 2.75) is 57.9 Å². The van der Waals surface area contributed by atoms with E-state index in [2.05, 4.69) is 5.32 Å². The average Bonchev–Trinajstić information content (AvgIpc) is 3.24. The molecular formula is C26H25FN4O4S. The minimum atomic E-state index is -1.81. The van der Waals surface area contributed by atoms with E-state index in [0.717, 1.165) is 22.1 Å². The molecule has 1 amide bonds. The minimum absolute atomic E-state index is 0.0159. The van der Waals surface area contributed by atoms with Crippen LogP contribution < -0.4 is 11.1 Å². The third-order valence-corrected chi connectivity index (χ3v) is 8.37. The molecule has 2 atom stereocenters. The molecule has 36 heavy (non-hydrogen) atoms. The van der Waals surface area contributed by atoms with Crippen LogP contribution in [0.25, 0.3) is 22.3 Å². The largest absolute Gasteiger partial charge is 0.458 e. The number of aliphatic hydroxyl groups is 1. The monoisotopic (exact) mass is 508 g/mol. The van der Waals surface area contributed by atoms with Crippen LogP contribution in [0.5, 0.6) is 0 Å². The molecule has 186 valence electrons. The van der Waals surface area contributed by atoms with Gasteiger partial charge in [0.2, 0.25) is 5.91 Å². The molecule has 0 radical (unpaired) electrons. The molecule has 0 saturated carbocycles. The number of aryl methyl sites for hydroxylation is 1. The van der Waals surface area contributed by atoms with Gasteiger partial charge in [-0.25, -0.2) is 14.2 Å². The van der Waals surface area contributed by atoms with Gasteiger partial charge in [-0.15, -0.1) is 0 Å². The zero-order valence-electron chi connectivity index (χ0n) is 19.9. The first-order valence-electron chi connectivity index (χ1n) is 12.0. The second-order valence-electron chi connectivity index (χ2n) is 9.67. The number of cyclic esters (lactones) is 1. The van der Waals surface area contributed by atoms with Gasteiger partial charge in [-0.05, 0) is 48.9 Å². The summed E-state index contributed by atoms with van der Waals surface area (Å²) >= 11 is 5.81. The van der Waals surface area contributed by atoms with Crippen molar-refractivity contribution in [3.05, 3.63) is 56.0 Å². The van der Waals surface area contributed by atoms with Crippen molar-refractivity contribution in [3.8, 4) is 11.4 Å². The number of nitrogens with two attached hydrogens (primary N) is 1. The van der Waals surface area contributed by atoms with Gasteiger partial charge in [-0.2, -0.15) is 0 Å². The van der Waals surface area contributed by atoms with Crippen molar-refractivity contribution < 1.29 is 23.8 Å². The Bertz CT molecular complexity index is 1580. The van der Waals surface area contributed by atoms with E-state index in [-0.39, 0.29) is 37.3 Å². The van der Waals surface area contributed by atoms with Gasteiger partial charge in [0.15, 0.2) is 5.60 Å². The molecule has 1 aromatic carbocycles. The lowest BCUT2D eigenvalue weighted by Crippen LogP contribution is -2.41. The van der Waals surface area contributed by atoms with Crippen molar-refractivity contribution >= 4 is 35.0 Å². The van der Waals surface area contributed by atoms with E-state index in [1.165, 1.54) is 6.07 Å². The Kier molecular flexibility index (Phi) is 5.09. The van der Waals surface area contributed by atoms with Gasteiger partial charge >= 0.3 is 5.97 Å². The van der Waals surface area contributed by atoms with E-state index in [9.17, 15) is 19.1 Å². The number of hydrogen-bond acceptors (Lipinski definition) is 7. The predicted molar refractivity (Wildman–Crippen MR) is 132 cm³/mol. The zero-order chi connectivity index (χ0) is 25.5. The summed E-state index contributed by atoms with van der Waals surface area (Å²) in [4.78, 5) is 29.7. The number of amides is 1. The Balaban J connectivity index is 1.66. The standard InChI is InChI=1S/C26H25FN4O4S/c1-3-26(34)15-6-19-23-13(9-31(19)24(36)14(15)10-35-25(26)33)22-17(29-20(32)8-28)5-4-12-11(2)16(27)7-18(30-23)21(12)22/h6-7,17,34H,3-5,8-10,28H2,1-2H3,(H,29,32)/t17?,26-/m0/s1. The van der Waals surface area contributed by atoms with E-state index >= 15 is 0 Å². The summed E-state index contributed by atoms with van der Waals surface area (Å²) in [6.07, 6.45) is 1.33. The van der Waals surface area contributed by atoms with Crippen LogP contribution in [-0.2, 0) is 39.5 Å². The van der Waals surface area contributed by atoms with Gasteiger partial charge in [0.25, 0.3) is 0 Å². The number of nitrogens with one attached hydrogen (secondary N) is 1. The Morgan fingerprint density at radius 2 is 2.17 bits per heavy atom. The van der Waals surface area contributed by atoms with Crippen LogP contribution in [-0.4, -0.2) is 33.1 Å². The number of pyridine rings is 2. The number of halogens is 1. The molecule has 1 unspecified atom stereocenters. The van der Waals surface area contributed by atoms with Crippen LogP contribution in [0, 0.1) is 17.4 Å². The second-order valence-corrected chi connectivity index (χ2v) is 10.1. The number of esters is 1. The van der Waals surface area contributed by atoms with Gasteiger partial charge in [-0.1, -0.05) is 19.1 Å². The number of hydrogen-bond donors (Lipinski definition) is 3. The lowest BCUT2D eigenvalue weighted by molar-refractivity contribution is -0.172. The molecule has 10 heteroatoms. The molecule has 8 nitrogen and oxygen atoms in total. The van der Waals surface area contributed by atoms with Gasteiger partial charge in [0, 0.05) is 28.1 Å². The number of benzene rings is 1. The molecule has 0 fully saturated rings. The summed E-state index contributed by atoms with van der Waals surface area (Å²) in [5, 5.41) is 15.1. The molecule has 6 rings (SSSR count). The summed E-state index contributed by atoms with van der Waals surface area (Å²) < 4.78 is 22.6. The fourth-order valence-corrected chi connectivity index (χ4v) is 6.28. The van der Waals surface area contributed by atoms with E-state index in [1.807, 2.05) is 4.57 Å². The topological polar surface area (TPSA) is 119 Å². The van der Waals surface area contributed by atoms with Crippen molar-refractivity contribution in [2.24, 2.45) is 5.73 Å². The molecule has 0 bridgehead atoms. The molecule has 4 heterocycles. The van der Waals surface area contributed by atoms with E-state index < -0.39 is 11.6 Å². The summed E-state index contributed by atoms with van der Waals surface area (Å²) in [6.45, 7) is 3.72. The summed E-state index contributed by atoms with van der Waals surface area (Å²) in [7, 11) is 0. The quantitative estimate of drug-likeness (QED) is 0.288. The molecule has 0 saturated heterocycles. The van der Waals surface area contributed by atoms with E-state index in [4.69, 9.17) is 27.7 Å². The Labute approximate surface area is 211 Å². The van der Waals surface area contributed by atoms with Gasteiger partial charge in [0.1, 0.15) is 17.1 Å². The highest BCUT2D eigenvalue weighted by molar-refractivity contribution is 7.71. The fourth-order valence-electron chi connectivity index (χ4n) is 5.95. The Morgan fingerprint density at radius 1 is 1.39 bits per heavy atom. The van der Waals surface area contributed by atoms with Crippen LogP contribution in [0.3, 0.4) is 0 Å². The number of aromatic nitrogens is 2. The highest BCUT2D eigenvalue weighted by Gasteiger charge is 2.45. The highest BCUT2D eigenvalue weighted by atomic mass is 32.1. The van der Waals surface area contributed by atoms with Crippen LogP contribution in [0.2, 0.25) is 0 Å². The first-order valence-corrected chi connectivity index (χ1v) is 12.4. The molecule has 2 aromatic heterocycles. The molecule has 2 aliphatic heterocycles. The van der Waals surface area contributed by atoms with E-state index in [0.29, 0.717) is 57.6 Å². The lowest BCUT2D eigenvalue weighted by Gasteiger charge is -2.32. The van der Waals surface area contributed by atoms with Crippen molar-refractivity contribution in [1.82, 2.24) is 14.9 Å². The number of nitrogens with zero attached hydrogens (tertiary/aromatic N) is 2. The SMILES string of the molecule is CC[C@@]1(O)C(=O)OCc2c1cc1n(c2=S)Cc2c-1nc1cc(F)c(C)c3c1c2C(NC(=O)CN)CC3. The van der Waals surface area contributed by atoms with E-state index in [1.54, 1.807) is 19.9 Å². The molecule has 3 aliphatic rings. The van der Waals surface area contributed by atoms with Crippen molar-refractivity contribution in [2.75, 3.05) is 6.54 Å². The third-order valence-electron chi connectivity index (χ3n) is 7.90. The second kappa shape index (κ2) is 7.89. The summed E-state index contributed by atoms with van der Waals surface area (Å²) in [6, 6.07) is 2.88. The minimum Gasteiger partial charge on any atom is -0.458 e. The average molecular weight is 509 g/mol. The third kappa shape index (κ3) is 2.98. The number of fused-ring (bicyclic) bond motifs is 5. The smallest absolute Gasteiger partial charge is 0.343 e. The van der Waals surface area contributed by atoms with Crippen LogP contribution in [0.1, 0.15) is 59.2 Å². The number of ether oxygens (including phenoxy) is 1. The lowest BCUT2D eigenvalue weighted by atomic mass is 9.81.